The van der Waals surface area contributed by atoms with Crippen molar-refractivity contribution >= 4 is 17.8 Å². The predicted molar refractivity (Wildman–Crippen MR) is 111 cm³/mol. The lowest BCUT2D eigenvalue weighted by atomic mass is 10.3. The normalized spacial score (nSPS) is 21.2. The quantitative estimate of drug-likeness (QED) is 0.222. The van der Waals surface area contributed by atoms with Crippen LogP contribution in [-0.2, 0) is 14.4 Å². The van der Waals surface area contributed by atoms with Crippen LogP contribution in [0.2, 0.25) is 0 Å². The third kappa shape index (κ3) is 9.56. The number of nitrogens with zero attached hydrogens (tertiary/aromatic N) is 3. The SMILES string of the molecule is C[15N]1[13CH2][13CH2]N([13CH2]C2CCCN2C[13C](=O)[15NH][13CH2][13CH2][13CH2][13C](=O)[15NH]CCC[13C](=O)O)[13CH2][13CH2]1. The first kappa shape index (κ1) is 23.6. The molecule has 0 bridgehead atoms. The second-order valence-corrected chi connectivity index (χ2v) is 8.17. The Morgan fingerprint density at radius 1 is 0.931 bits per heavy atom. The molecule has 9 heteroatoms. The van der Waals surface area contributed by atoms with Crippen LogP contribution in [0.3, 0.4) is 0 Å². The van der Waals surface area contributed by atoms with E-state index in [0.29, 0.717) is 44.9 Å². The van der Waals surface area contributed by atoms with Gasteiger partial charge < -0.3 is 20.6 Å². The molecule has 2 saturated heterocycles. The Balaban J connectivity index is 1.55. The molecule has 3 N–H and O–H groups in total. The number of likely N-dealkylation sites (N-methyl/N-ethyl adjacent to an activating group) is 1. The summed E-state index contributed by atoms with van der Waals surface area (Å²) in [5.41, 5.74) is 0. The van der Waals surface area contributed by atoms with Gasteiger partial charge in [0.05, 0.1) is 6.54 Å². The minimum atomic E-state index is -0.856. The Kier molecular flexibility index (Phi) is 10.4. The molecule has 2 rings (SSSR count). The number of rotatable bonds is 12. The molecular formula is C20H37N5O4. The van der Waals surface area contributed by atoms with Gasteiger partial charge >= 0.3 is 5.97 Å². The molecular weight excluding hydrogens is 388 g/mol. The summed E-state index contributed by atoms with van der Waals surface area (Å²) in [6, 6.07) is 0.459. The monoisotopic (exact) mass is 425 g/mol. The first-order valence-electron chi connectivity index (χ1n) is 10.8. The Morgan fingerprint density at radius 3 is 2.28 bits per heavy atom. The van der Waals surface area contributed by atoms with Gasteiger partial charge in [-0.05, 0) is 39.3 Å². The summed E-state index contributed by atoms with van der Waals surface area (Å²) in [4.78, 5) is 41.5. The van der Waals surface area contributed by atoms with Crippen molar-refractivity contribution in [3.63, 3.8) is 0 Å². The third-order valence-corrected chi connectivity index (χ3v) is 5.70. The first-order valence-corrected chi connectivity index (χ1v) is 10.8. The van der Waals surface area contributed by atoms with Gasteiger partial charge in [-0.1, -0.05) is 0 Å². The fourth-order valence-electron chi connectivity index (χ4n) is 3.91. The Labute approximate surface area is 173 Å². The highest BCUT2D eigenvalue weighted by Gasteiger charge is 2.28. The van der Waals surface area contributed by atoms with E-state index in [1.54, 1.807) is 0 Å². The molecule has 0 aliphatic carbocycles. The van der Waals surface area contributed by atoms with Gasteiger partial charge in [-0.3, -0.25) is 24.2 Å². The van der Waals surface area contributed by atoms with Gasteiger partial charge in [0.15, 0.2) is 0 Å². The van der Waals surface area contributed by atoms with Gasteiger partial charge in [0.2, 0.25) is 11.8 Å². The van der Waals surface area contributed by atoms with Crippen LogP contribution < -0.4 is 10.6 Å². The highest BCUT2D eigenvalue weighted by atomic mass is 16.5. The zero-order valence-corrected chi connectivity index (χ0v) is 17.7. The fraction of sp³-hybridized carbons (Fsp3) is 0.850. The summed E-state index contributed by atoms with van der Waals surface area (Å²) < 4.78 is 0. The van der Waals surface area contributed by atoms with Gasteiger partial charge in [-0.15, -0.1) is 0 Å². The molecule has 0 spiro atoms. The molecule has 2 aliphatic rings. The summed E-state index contributed by atoms with van der Waals surface area (Å²) in [5, 5.41) is 14.2. The maximum atomic E-state index is 12.3. The van der Waals surface area contributed by atoms with Crippen molar-refractivity contribution in [3.8, 4) is 0 Å². The van der Waals surface area contributed by atoms with Gasteiger partial charge in [-0.25, -0.2) is 0 Å². The number of carboxylic acids is 1. The highest BCUT2D eigenvalue weighted by Crippen LogP contribution is 2.18. The molecule has 0 saturated carbocycles. The van der Waals surface area contributed by atoms with Gasteiger partial charge in [0, 0.05) is 64.7 Å². The van der Waals surface area contributed by atoms with Crippen LogP contribution in [0.15, 0.2) is 0 Å². The molecule has 2 amide bonds. The molecule has 2 fully saturated rings. The number of carbonyl (C=O) groups is 3. The lowest BCUT2D eigenvalue weighted by molar-refractivity contribution is -0.137. The van der Waals surface area contributed by atoms with E-state index in [-0.39, 0.29) is 18.2 Å². The number of carbonyl (C=O) groups excluding carboxylic acids is 2. The topological polar surface area (TPSA) is 105 Å². The van der Waals surface area contributed by atoms with Crippen molar-refractivity contribution in [1.82, 2.24) is 25.3 Å². The van der Waals surface area contributed by atoms with Crippen LogP contribution in [0.25, 0.3) is 0 Å². The number of carboxylic acid groups (broad SMARTS) is 1. The van der Waals surface area contributed by atoms with E-state index in [2.05, 4.69) is 32.4 Å². The molecule has 0 aromatic heterocycles. The maximum absolute atomic E-state index is 12.3. The van der Waals surface area contributed by atoms with Crippen LogP contribution in [0.1, 0.15) is 38.5 Å². The average molecular weight is 425 g/mol. The number of nitrogens with one attached hydrogen (secondary N) is 2. The van der Waals surface area contributed by atoms with E-state index in [9.17, 15) is 14.4 Å². The van der Waals surface area contributed by atoms with Crippen LogP contribution >= 0.6 is 0 Å². The lowest BCUT2D eigenvalue weighted by Gasteiger charge is -2.36. The summed E-state index contributed by atoms with van der Waals surface area (Å²) in [6.07, 6.45) is 3.71. The standard InChI is InChI=1S/C20H37N5O4/c1-23-11-13-24(14-12-23)15-17-5-4-10-25(17)16-19(27)22-8-2-6-18(26)21-9-3-7-20(28)29/h17H,2-16H2,1H3,(H,21,26)(H,22,27)(H,28,29)/i2+1,6+1,8+1,11+1,12+1,13+1,14+1,15+1,18+1,19+1,20+1,21+1,22+1,23+1. The van der Waals surface area contributed by atoms with Crippen LogP contribution in [0.4, 0.5) is 0 Å². The number of aliphatic carboxylic acids is 1. The van der Waals surface area contributed by atoms with Crippen molar-refractivity contribution in [2.45, 2.75) is 44.6 Å². The van der Waals surface area contributed by atoms with Crippen LogP contribution in [-0.4, -0.2) is 110 Å². The molecule has 0 radical (unpaired) electrons. The summed E-state index contributed by atoms with van der Waals surface area (Å²) in [7, 11) is 2.16. The van der Waals surface area contributed by atoms with E-state index >= 15 is 0 Å². The molecule has 2 heterocycles. The van der Waals surface area contributed by atoms with E-state index in [4.69, 9.17) is 5.11 Å². The predicted octanol–water partition coefficient (Wildman–Crippen LogP) is -0.424. The number of hydrogen-bond acceptors (Lipinski definition) is 6. The molecule has 2 aliphatic heterocycles. The zero-order chi connectivity index (χ0) is 21.1. The lowest BCUT2D eigenvalue weighted by Crippen LogP contribution is -2.50. The number of hydrogen-bond donors (Lipinski definition) is 3. The minimum Gasteiger partial charge on any atom is -0.481 e. The van der Waals surface area contributed by atoms with Gasteiger partial charge in [0.25, 0.3) is 0 Å². The van der Waals surface area contributed by atoms with Gasteiger partial charge in [-0.2, -0.15) is 0 Å². The average Bonchev–Trinajstić information content (AvgIpc) is 3.10. The Hall–Kier alpha value is -1.71. The first-order chi connectivity index (χ1) is 13.9. The molecule has 9 nitrogen and oxygen atoms in total. The number of amides is 2. The van der Waals surface area contributed by atoms with Gasteiger partial charge in [0.1, 0.15) is 0 Å². The van der Waals surface area contributed by atoms with Crippen molar-refractivity contribution in [2.75, 3.05) is 66.0 Å². The summed E-state index contributed by atoms with van der Waals surface area (Å²) in [6.45, 7) is 7.74. The van der Waals surface area contributed by atoms with E-state index in [1.165, 1.54) is 0 Å². The summed E-state index contributed by atoms with van der Waals surface area (Å²) >= 11 is 0. The van der Waals surface area contributed by atoms with E-state index in [0.717, 1.165) is 52.1 Å². The minimum absolute atomic E-state index is 0.0251. The number of likely N-dealkylation sites (tertiary alicyclic amines) is 1. The Bertz CT molecular complexity index is 537. The zero-order valence-electron chi connectivity index (χ0n) is 17.7. The van der Waals surface area contributed by atoms with Crippen LogP contribution in [0.5, 0.6) is 0 Å². The molecule has 166 valence electrons. The van der Waals surface area contributed by atoms with Crippen molar-refractivity contribution in [3.05, 3.63) is 0 Å². The number of piperazine rings is 1. The molecule has 29 heavy (non-hydrogen) atoms. The summed E-state index contributed by atoms with van der Waals surface area (Å²) in [5.74, 6) is -0.931. The Morgan fingerprint density at radius 2 is 1.59 bits per heavy atom. The largest absolute Gasteiger partial charge is 0.481 e. The second kappa shape index (κ2) is 12.8. The van der Waals surface area contributed by atoms with Crippen molar-refractivity contribution in [1.29, 1.82) is 0 Å². The van der Waals surface area contributed by atoms with E-state index < -0.39 is 5.97 Å². The van der Waals surface area contributed by atoms with Crippen molar-refractivity contribution in [2.24, 2.45) is 0 Å². The molecule has 0 aromatic carbocycles. The third-order valence-electron chi connectivity index (χ3n) is 5.70. The maximum Gasteiger partial charge on any atom is 0.303 e. The molecule has 0 aromatic rings. The smallest absolute Gasteiger partial charge is 0.303 e. The van der Waals surface area contributed by atoms with E-state index in [1.807, 2.05) is 0 Å². The van der Waals surface area contributed by atoms with Crippen LogP contribution in [0, 0.1) is 0 Å². The fourth-order valence-corrected chi connectivity index (χ4v) is 3.91. The van der Waals surface area contributed by atoms with Crippen molar-refractivity contribution < 1.29 is 19.5 Å². The molecule has 1 unspecified atom stereocenters. The highest BCUT2D eigenvalue weighted by molar-refractivity contribution is 5.78. The molecule has 1 atom stereocenters. The second-order valence-electron chi connectivity index (χ2n) is 8.17.